The number of aliphatic hydroxyl groups excluding tert-OH is 2. The minimum Gasteiger partial charge on any atom is -0.393 e. The number of hydrogen-bond donors (Lipinski definition) is 5. The highest BCUT2D eigenvalue weighted by molar-refractivity contribution is 7.47. The van der Waals surface area contributed by atoms with E-state index in [0.717, 1.165) is 64.2 Å². The maximum Gasteiger partial charge on any atom is 0.472 e. The molecule has 0 radical (unpaired) electrons. The quantitative estimate of drug-likeness (QED) is 0.0235. The first-order valence-corrected chi connectivity index (χ1v) is 23.0. The molecule has 4 atom stereocenters. The van der Waals surface area contributed by atoms with Crippen LogP contribution in [-0.2, 0) is 18.4 Å². The summed E-state index contributed by atoms with van der Waals surface area (Å²) in [5.41, 5.74) is 5.37. The molecule has 0 saturated carbocycles. The molecule has 0 aromatic carbocycles. The zero-order valence-electron chi connectivity index (χ0n) is 33.7. The Balaban J connectivity index is 4.30. The Kier molecular flexibility index (Phi) is 37.4. The lowest BCUT2D eigenvalue weighted by atomic mass is 10.0. The summed E-state index contributed by atoms with van der Waals surface area (Å²) in [6, 6.07) is -0.899. The minimum atomic E-state index is -4.38. The highest BCUT2D eigenvalue weighted by atomic mass is 31.2. The zero-order chi connectivity index (χ0) is 38.4. The van der Waals surface area contributed by atoms with Gasteiger partial charge in [0.15, 0.2) is 0 Å². The number of rotatable bonds is 40. The van der Waals surface area contributed by atoms with E-state index in [1.165, 1.54) is 103 Å². The zero-order valence-corrected chi connectivity index (χ0v) is 34.6. The smallest absolute Gasteiger partial charge is 0.393 e. The molecular weight excluding hydrogens is 675 g/mol. The van der Waals surface area contributed by atoms with E-state index in [2.05, 4.69) is 43.5 Å². The van der Waals surface area contributed by atoms with E-state index in [9.17, 15) is 24.5 Å². The van der Waals surface area contributed by atoms with Crippen molar-refractivity contribution in [3.63, 3.8) is 0 Å². The van der Waals surface area contributed by atoms with E-state index in [4.69, 9.17) is 14.8 Å². The molecule has 0 heterocycles. The molecule has 10 heteroatoms. The van der Waals surface area contributed by atoms with Crippen molar-refractivity contribution in [3.8, 4) is 0 Å². The maximum absolute atomic E-state index is 12.8. The molecule has 0 bridgehead atoms. The van der Waals surface area contributed by atoms with E-state index in [-0.39, 0.29) is 26.2 Å². The van der Waals surface area contributed by atoms with Crippen molar-refractivity contribution in [3.05, 3.63) is 24.3 Å². The first kappa shape index (κ1) is 50.9. The van der Waals surface area contributed by atoms with Crippen LogP contribution in [0, 0.1) is 0 Å². The van der Waals surface area contributed by atoms with E-state index in [1.807, 2.05) is 0 Å². The van der Waals surface area contributed by atoms with Crippen LogP contribution in [0.25, 0.3) is 0 Å². The Morgan fingerprint density at radius 2 is 1.10 bits per heavy atom. The highest BCUT2D eigenvalue weighted by Gasteiger charge is 2.28. The van der Waals surface area contributed by atoms with Gasteiger partial charge in [-0.2, -0.15) is 0 Å². The van der Waals surface area contributed by atoms with Gasteiger partial charge < -0.3 is 26.2 Å². The third-order valence-electron chi connectivity index (χ3n) is 9.61. The number of phosphoric ester groups is 1. The number of nitrogens with two attached hydrogens (primary N) is 1. The molecule has 0 aliphatic heterocycles. The Labute approximate surface area is 320 Å². The predicted octanol–water partition coefficient (Wildman–Crippen LogP) is 10.8. The molecule has 0 spiro atoms. The minimum absolute atomic E-state index is 0.0580. The number of carbonyl (C=O) groups is 1. The molecule has 0 aliphatic carbocycles. The number of nitrogens with one attached hydrogen (secondary N) is 1. The number of phosphoric acid groups is 1. The van der Waals surface area contributed by atoms with Crippen LogP contribution in [0.1, 0.15) is 200 Å². The fourth-order valence-electron chi connectivity index (χ4n) is 6.33. The average molecular weight is 759 g/mol. The number of carbonyl (C=O) groups excluding carboxylic acids is 1. The Morgan fingerprint density at radius 3 is 1.62 bits per heavy atom. The van der Waals surface area contributed by atoms with Gasteiger partial charge in [0.1, 0.15) is 0 Å². The third kappa shape index (κ3) is 35.9. The van der Waals surface area contributed by atoms with Gasteiger partial charge in [-0.25, -0.2) is 4.57 Å². The van der Waals surface area contributed by atoms with Crippen LogP contribution in [0.2, 0.25) is 0 Å². The molecule has 308 valence electrons. The summed E-state index contributed by atoms with van der Waals surface area (Å²) in [7, 11) is -4.38. The van der Waals surface area contributed by atoms with Crippen LogP contribution in [0.3, 0.4) is 0 Å². The third-order valence-corrected chi connectivity index (χ3v) is 10.6. The summed E-state index contributed by atoms with van der Waals surface area (Å²) in [6.07, 6.45) is 39.3. The second-order valence-electron chi connectivity index (χ2n) is 14.7. The number of aliphatic hydroxyl groups is 2. The number of hydrogen-bond acceptors (Lipinski definition) is 7. The molecule has 0 aliphatic rings. The highest BCUT2D eigenvalue weighted by Crippen LogP contribution is 2.43. The molecule has 4 unspecified atom stereocenters. The molecule has 1 amide bonds. The summed E-state index contributed by atoms with van der Waals surface area (Å²) < 4.78 is 22.1. The van der Waals surface area contributed by atoms with Crippen molar-refractivity contribution < 1.29 is 33.5 Å². The number of unbranched alkanes of at least 4 members (excludes halogenated alkanes) is 22. The van der Waals surface area contributed by atoms with E-state index >= 15 is 0 Å². The normalized spacial score (nSPS) is 15.0. The van der Waals surface area contributed by atoms with E-state index < -0.39 is 32.0 Å². The summed E-state index contributed by atoms with van der Waals surface area (Å²) in [5, 5.41) is 24.2. The molecular formula is C42H83N2O7P. The molecule has 0 rings (SSSR count). The van der Waals surface area contributed by atoms with Crippen molar-refractivity contribution in [2.75, 3.05) is 19.8 Å². The first-order valence-electron chi connectivity index (χ1n) is 21.5. The van der Waals surface area contributed by atoms with Crippen LogP contribution in [-0.4, -0.2) is 59.0 Å². The standard InChI is InChI=1S/C42H83N2O7P/c1-3-5-7-9-11-13-15-17-19-21-23-25-27-29-31-33-39(45)37-42(47)44-40(38-51-52(48,49)50-36-35-43)41(46)34-32-30-28-26-24-22-20-18-16-14-12-10-8-6-4-2/h11,13,17,19,39-41,45-46H,3-10,12,14-16,18,20-38,43H2,1-2H3,(H,44,47)(H,48,49)/b13-11-,19-17-. The van der Waals surface area contributed by atoms with Crippen molar-refractivity contribution >= 4 is 13.7 Å². The number of amides is 1. The van der Waals surface area contributed by atoms with Crippen LogP contribution < -0.4 is 11.1 Å². The van der Waals surface area contributed by atoms with Gasteiger partial charge in [-0.1, -0.05) is 173 Å². The molecule has 0 fully saturated rings. The molecule has 0 aromatic heterocycles. The Hall–Kier alpha value is -1.06. The van der Waals surface area contributed by atoms with Crippen molar-refractivity contribution in [1.82, 2.24) is 5.32 Å². The van der Waals surface area contributed by atoms with Crippen LogP contribution in [0.5, 0.6) is 0 Å². The monoisotopic (exact) mass is 759 g/mol. The Bertz CT molecular complexity index is 888. The van der Waals surface area contributed by atoms with Gasteiger partial charge in [0.2, 0.25) is 5.91 Å². The molecule has 0 saturated heterocycles. The molecule has 0 aromatic rings. The SMILES string of the molecule is CCCCC/C=C\C/C=C\CCCCCCCC(O)CC(=O)NC(COP(=O)(O)OCCN)C(O)CCCCCCCCCCCCCCCCC. The summed E-state index contributed by atoms with van der Waals surface area (Å²) in [6.45, 7) is 4.01. The summed E-state index contributed by atoms with van der Waals surface area (Å²) in [4.78, 5) is 22.8. The average Bonchev–Trinajstić information content (AvgIpc) is 3.12. The lowest BCUT2D eigenvalue weighted by Gasteiger charge is -2.25. The van der Waals surface area contributed by atoms with Gasteiger partial charge >= 0.3 is 7.82 Å². The second-order valence-corrected chi connectivity index (χ2v) is 16.2. The Morgan fingerprint density at radius 1 is 0.654 bits per heavy atom. The van der Waals surface area contributed by atoms with Crippen molar-refractivity contribution in [2.24, 2.45) is 5.73 Å². The lowest BCUT2D eigenvalue weighted by Crippen LogP contribution is -2.47. The van der Waals surface area contributed by atoms with Crippen LogP contribution in [0.4, 0.5) is 0 Å². The predicted molar refractivity (Wildman–Crippen MR) is 218 cm³/mol. The fraction of sp³-hybridized carbons (Fsp3) is 0.881. The first-order chi connectivity index (χ1) is 25.3. The fourth-order valence-corrected chi connectivity index (χ4v) is 7.09. The number of allylic oxidation sites excluding steroid dienone is 4. The van der Waals surface area contributed by atoms with Gasteiger partial charge in [-0.3, -0.25) is 13.8 Å². The second kappa shape index (κ2) is 38.2. The van der Waals surface area contributed by atoms with E-state index in [0.29, 0.717) is 12.8 Å². The van der Waals surface area contributed by atoms with Gasteiger partial charge in [0, 0.05) is 6.54 Å². The lowest BCUT2D eigenvalue weighted by molar-refractivity contribution is -0.125. The van der Waals surface area contributed by atoms with Crippen molar-refractivity contribution in [1.29, 1.82) is 0 Å². The van der Waals surface area contributed by atoms with Gasteiger partial charge in [0.05, 0.1) is 37.9 Å². The van der Waals surface area contributed by atoms with Crippen LogP contribution >= 0.6 is 7.82 Å². The van der Waals surface area contributed by atoms with Gasteiger partial charge in [-0.15, -0.1) is 0 Å². The van der Waals surface area contributed by atoms with Crippen molar-refractivity contribution in [2.45, 2.75) is 218 Å². The topological polar surface area (TPSA) is 151 Å². The summed E-state index contributed by atoms with van der Waals surface area (Å²) >= 11 is 0. The van der Waals surface area contributed by atoms with Gasteiger partial charge in [0.25, 0.3) is 0 Å². The molecule has 9 nitrogen and oxygen atoms in total. The molecule has 6 N–H and O–H groups in total. The maximum atomic E-state index is 12.8. The van der Waals surface area contributed by atoms with E-state index in [1.54, 1.807) is 0 Å². The van der Waals surface area contributed by atoms with Crippen LogP contribution in [0.15, 0.2) is 24.3 Å². The van der Waals surface area contributed by atoms with Gasteiger partial charge in [-0.05, 0) is 44.9 Å². The summed E-state index contributed by atoms with van der Waals surface area (Å²) in [5.74, 6) is -0.421. The largest absolute Gasteiger partial charge is 0.472 e. The molecule has 52 heavy (non-hydrogen) atoms.